The third-order valence-corrected chi connectivity index (χ3v) is 23.1. The molecule has 0 bridgehead atoms. The SMILES string of the molecule is Cc1ccc2[nH]cc(CC(=O)N3CCn4nc(C(=O)NO)cc4C3)c2c1.Cc1nc(CC(=O)N2CCn3nc(C(=O)NO)cc3C2)cs1.Cn1c(C(=O)N2CCn3cc(C(=O)NO)cc3C2)cc(Cl)c1Cl.Cn1ccc2cc(C(=O)N3CCn4cc(C(=O)NO)cc4C3)ccc21.O=C(NO)c1cc2n(c1)CCN(C(=O)C1CCCCC1)C2. The highest BCUT2D eigenvalue weighted by Gasteiger charge is 2.33. The van der Waals surface area contributed by atoms with E-state index < -0.39 is 29.5 Å². The molecule has 0 atom stereocenters. The number of amides is 10. The number of hydrogen-bond acceptors (Lipinski definition) is 19. The molecule has 1 saturated carbocycles. The first-order chi connectivity index (χ1) is 56.3. The third-order valence-electron chi connectivity index (χ3n) is 21.5. The maximum absolute atomic E-state index is 12.8. The highest BCUT2D eigenvalue weighted by Crippen LogP contribution is 2.31. The summed E-state index contributed by atoms with van der Waals surface area (Å²) in [6.07, 6.45) is 15.1. The highest BCUT2D eigenvalue weighted by atomic mass is 35.5. The van der Waals surface area contributed by atoms with E-state index in [9.17, 15) is 47.9 Å². The van der Waals surface area contributed by atoms with Gasteiger partial charge in [-0.3, -0.25) is 83.3 Å². The lowest BCUT2D eigenvalue weighted by Gasteiger charge is -2.32. The maximum Gasteiger partial charge on any atom is 0.295 e. The van der Waals surface area contributed by atoms with Gasteiger partial charge in [0.15, 0.2) is 11.4 Å². The normalized spacial score (nSPS) is 14.7. The van der Waals surface area contributed by atoms with Gasteiger partial charge in [-0.2, -0.15) is 10.2 Å². The zero-order valence-electron chi connectivity index (χ0n) is 64.3. The Morgan fingerprint density at radius 2 is 1.01 bits per heavy atom. The average Bonchev–Trinajstić information content (AvgIpc) is 1.48. The Labute approximate surface area is 682 Å². The highest BCUT2D eigenvalue weighted by molar-refractivity contribution is 7.09. The number of benzene rings is 2. The maximum atomic E-state index is 12.8. The van der Waals surface area contributed by atoms with E-state index >= 15 is 0 Å². The number of hydrogen-bond donors (Lipinski definition) is 11. The summed E-state index contributed by atoms with van der Waals surface area (Å²) in [6, 6.07) is 23.7. The van der Waals surface area contributed by atoms with E-state index in [1.54, 1.807) is 123 Å². The predicted octanol–water partition coefficient (Wildman–Crippen LogP) is 6.92. The van der Waals surface area contributed by atoms with Crippen molar-refractivity contribution in [1.29, 1.82) is 0 Å². The second kappa shape index (κ2) is 36.3. The van der Waals surface area contributed by atoms with Crippen molar-refractivity contribution >= 4 is 115 Å². The minimum Gasteiger partial charge on any atom is -0.361 e. The Bertz CT molecular complexity index is 5620. The molecular formula is C78H87Cl2N21O15S. The van der Waals surface area contributed by atoms with Crippen LogP contribution in [0.1, 0.15) is 155 Å². The fourth-order valence-corrected chi connectivity index (χ4v) is 16.2. The summed E-state index contributed by atoms with van der Waals surface area (Å²) in [7, 11) is 3.65. The molecule has 614 valence electrons. The molecule has 5 aliphatic heterocycles. The lowest BCUT2D eigenvalue weighted by atomic mass is 9.88. The van der Waals surface area contributed by atoms with Crippen LogP contribution in [0.3, 0.4) is 0 Å². The Morgan fingerprint density at radius 1 is 0.513 bits per heavy atom. The van der Waals surface area contributed by atoms with E-state index in [-0.39, 0.29) is 53.3 Å². The number of carbonyl (C=O) groups excluding carboxylic acids is 10. The van der Waals surface area contributed by atoms with Gasteiger partial charge in [-0.25, -0.2) is 32.4 Å². The number of carbonyl (C=O) groups is 10. The van der Waals surface area contributed by atoms with Gasteiger partial charge >= 0.3 is 0 Å². The smallest absolute Gasteiger partial charge is 0.295 e. The average molecular weight is 1660 g/mol. The molecule has 0 spiro atoms. The van der Waals surface area contributed by atoms with Crippen molar-refractivity contribution in [3.8, 4) is 0 Å². The Balaban J connectivity index is 0.000000127. The Kier molecular flexibility index (Phi) is 25.7. The van der Waals surface area contributed by atoms with Gasteiger partial charge in [0.2, 0.25) is 17.7 Å². The predicted molar refractivity (Wildman–Crippen MR) is 422 cm³/mol. The van der Waals surface area contributed by atoms with Crippen LogP contribution in [0, 0.1) is 19.8 Å². The van der Waals surface area contributed by atoms with E-state index in [1.165, 1.54) is 17.8 Å². The van der Waals surface area contributed by atoms with E-state index in [2.05, 4.69) is 26.2 Å². The second-order valence-electron chi connectivity index (χ2n) is 29.1. The molecule has 1 fully saturated rings. The molecular weight excluding hydrogens is 1570 g/mol. The molecule has 17 rings (SSSR count). The summed E-state index contributed by atoms with van der Waals surface area (Å²) in [5.41, 5.74) is 19.7. The number of fused-ring (bicyclic) bond motifs is 7. The third kappa shape index (κ3) is 18.7. The van der Waals surface area contributed by atoms with Crippen molar-refractivity contribution in [2.24, 2.45) is 20.0 Å². The molecule has 6 aliphatic rings. The summed E-state index contributed by atoms with van der Waals surface area (Å²) in [4.78, 5) is 137. The number of halogens is 2. The van der Waals surface area contributed by atoms with Gasteiger partial charge in [0.1, 0.15) is 10.8 Å². The van der Waals surface area contributed by atoms with Crippen LogP contribution >= 0.6 is 34.5 Å². The molecule has 11 aromatic rings. The van der Waals surface area contributed by atoms with E-state index in [0.29, 0.717) is 143 Å². The summed E-state index contributed by atoms with van der Waals surface area (Å²) in [6.45, 7) is 11.8. The number of hydroxylamine groups is 5. The van der Waals surface area contributed by atoms with Crippen molar-refractivity contribution in [2.75, 3.05) is 32.7 Å². The molecule has 2 aromatic carbocycles. The number of nitrogens with one attached hydrogen (secondary N) is 6. The minimum atomic E-state index is -0.655. The van der Waals surface area contributed by atoms with Crippen LogP contribution in [0.5, 0.6) is 0 Å². The molecule has 10 amide bonds. The molecule has 0 radical (unpaired) electrons. The van der Waals surface area contributed by atoms with Crippen LogP contribution in [-0.2, 0) is 107 Å². The van der Waals surface area contributed by atoms with Crippen molar-refractivity contribution in [3.63, 3.8) is 0 Å². The number of H-pyrrole nitrogens is 1. The fourth-order valence-electron chi connectivity index (χ4n) is 15.2. The van der Waals surface area contributed by atoms with Gasteiger partial charge in [-0.15, -0.1) is 11.3 Å². The Hall–Kier alpha value is -12.2. The zero-order chi connectivity index (χ0) is 83.0. The second-order valence-corrected chi connectivity index (χ2v) is 30.9. The van der Waals surface area contributed by atoms with Gasteiger partial charge in [0, 0.05) is 153 Å². The summed E-state index contributed by atoms with van der Waals surface area (Å²) in [5, 5.41) is 57.3. The minimum absolute atomic E-state index is 0.00547. The Morgan fingerprint density at radius 3 is 1.51 bits per heavy atom. The zero-order valence-corrected chi connectivity index (χ0v) is 66.6. The lowest BCUT2D eigenvalue weighted by molar-refractivity contribution is -0.138. The first kappa shape index (κ1) is 82.7. The monoisotopic (exact) mass is 1660 g/mol. The van der Waals surface area contributed by atoms with Crippen LogP contribution in [0.15, 0.2) is 115 Å². The number of nitrogens with zero attached hydrogens (tertiary/aromatic N) is 15. The van der Waals surface area contributed by atoms with E-state index in [1.807, 2.05) is 98.2 Å². The van der Waals surface area contributed by atoms with Crippen molar-refractivity contribution in [2.45, 2.75) is 124 Å². The molecule has 14 heterocycles. The van der Waals surface area contributed by atoms with Crippen LogP contribution in [-0.4, -0.2) is 195 Å². The standard InChI is InChI=1S/C18H19N5O3.C18H18N4O3.C15H21N3O3.C14H14Cl2N4O3.C13H15N5O3S/c1-11-2-3-15-14(6-11)12(9-19-15)7-17(24)22-4-5-23-13(10-22)8-16(20-23)18(25)21-26;1-20-5-4-12-8-13(2-3-16(12)20)18(24)22-7-6-21-10-14(17(23)19-25)9-15(21)11-22;19-14(16-21)12-8-13-10-18(7-6-17(13)9-12)15(20)11-4-2-1-3-5-11;1-18-11(5-10(15)12(18)16)14(22)20-3-2-19-6-8(13(21)17-23)4-9(19)7-20;1-8-14-9(7-22-8)4-12(19)17-2-3-18-10(6-17)5-11(15-18)13(20)16-21/h2-3,6,8-9,19,26H,4-5,7,10H2,1H3,(H,21,25);2-5,8-10,25H,6-7,11H2,1H3,(H,19,23);8-9,11,21H,1-7,10H2,(H,16,19);4-6,23H,2-3,7H2,1H3,(H,17,21);5,7,21H,2-4,6H2,1H3,(H,16,20). The lowest BCUT2D eigenvalue weighted by Crippen LogP contribution is -2.41. The van der Waals surface area contributed by atoms with Gasteiger partial charge in [0.25, 0.3) is 41.4 Å². The number of aromatic amines is 1. The summed E-state index contributed by atoms with van der Waals surface area (Å²) in [5.74, 6) is -2.67. The van der Waals surface area contributed by atoms with E-state index in [4.69, 9.17) is 49.2 Å². The molecule has 9 aromatic heterocycles. The van der Waals surface area contributed by atoms with Crippen molar-refractivity contribution in [1.82, 2.24) is 104 Å². The molecule has 1 aliphatic carbocycles. The van der Waals surface area contributed by atoms with Crippen LogP contribution in [0.4, 0.5) is 0 Å². The number of thiazole rings is 1. The van der Waals surface area contributed by atoms with Crippen LogP contribution in [0.25, 0.3) is 21.8 Å². The molecule has 117 heavy (non-hydrogen) atoms. The first-order valence-electron chi connectivity index (χ1n) is 37.7. The summed E-state index contributed by atoms with van der Waals surface area (Å²) < 4.78 is 12.8. The molecule has 39 heteroatoms. The molecule has 36 nitrogen and oxygen atoms in total. The molecule has 11 N–H and O–H groups in total. The van der Waals surface area contributed by atoms with Crippen LogP contribution in [0.2, 0.25) is 10.2 Å². The largest absolute Gasteiger partial charge is 0.361 e. The fraction of sp³-hybridized carbons (Fsp3) is 0.346. The van der Waals surface area contributed by atoms with Gasteiger partial charge in [-0.1, -0.05) is 54.1 Å². The molecule has 0 unspecified atom stereocenters. The topological polar surface area (TPSA) is 437 Å². The van der Waals surface area contributed by atoms with Crippen molar-refractivity contribution < 1.29 is 74.0 Å². The van der Waals surface area contributed by atoms with Crippen LogP contribution < -0.4 is 27.4 Å². The number of aryl methyl sites for hydroxylation is 3. The van der Waals surface area contributed by atoms with Gasteiger partial charge in [-0.05, 0) is 105 Å². The molecule has 0 saturated heterocycles. The summed E-state index contributed by atoms with van der Waals surface area (Å²) >= 11 is 13.5. The van der Waals surface area contributed by atoms with Gasteiger partial charge in [0.05, 0.1) is 102 Å². The first-order valence-corrected chi connectivity index (χ1v) is 39.3. The van der Waals surface area contributed by atoms with E-state index in [0.717, 1.165) is 97.8 Å². The number of aromatic nitrogens is 11. The quantitative estimate of drug-likeness (QED) is 0.0436. The van der Waals surface area contributed by atoms with Crippen molar-refractivity contribution in [3.05, 3.63) is 215 Å². The van der Waals surface area contributed by atoms with Gasteiger partial charge < -0.3 is 52.3 Å². The number of rotatable bonds is 12.